The van der Waals surface area contributed by atoms with Crippen molar-refractivity contribution >= 4 is 0 Å². The summed E-state index contributed by atoms with van der Waals surface area (Å²) in [5.41, 5.74) is 0.795. The van der Waals surface area contributed by atoms with Crippen LogP contribution >= 0.6 is 0 Å². The highest BCUT2D eigenvalue weighted by Crippen LogP contribution is 2.40. The van der Waals surface area contributed by atoms with Crippen LogP contribution in [0.25, 0.3) is 0 Å². The molecule has 0 N–H and O–H groups in total. The van der Waals surface area contributed by atoms with E-state index in [4.69, 9.17) is 0 Å². The van der Waals surface area contributed by atoms with Crippen LogP contribution in [0.5, 0.6) is 5.75 Å². The summed E-state index contributed by atoms with van der Waals surface area (Å²) in [5, 5.41) is 0. The number of ether oxygens (including phenoxy) is 1. The molecule has 1 aromatic rings. The van der Waals surface area contributed by atoms with Crippen LogP contribution < -0.4 is 4.74 Å². The fourth-order valence-corrected chi connectivity index (χ4v) is 5.39. The molecule has 0 bridgehead atoms. The van der Waals surface area contributed by atoms with Gasteiger partial charge < -0.3 is 4.74 Å². The van der Waals surface area contributed by atoms with E-state index in [0.717, 1.165) is 55.1 Å². The number of benzene rings is 1. The molecule has 1 nitrogen and oxygen atoms in total. The van der Waals surface area contributed by atoms with Crippen LogP contribution in [-0.4, -0.2) is 6.36 Å². The highest BCUT2D eigenvalue weighted by molar-refractivity contribution is 5.31. The lowest BCUT2D eigenvalue weighted by Gasteiger charge is -2.30. The Balaban J connectivity index is 1.38. The number of hydrogen-bond donors (Lipinski definition) is 0. The van der Waals surface area contributed by atoms with Crippen LogP contribution in [0, 0.1) is 23.6 Å². The van der Waals surface area contributed by atoms with Crippen LogP contribution in [0.15, 0.2) is 18.2 Å². The third-order valence-electron chi connectivity index (χ3n) is 7.27. The van der Waals surface area contributed by atoms with Gasteiger partial charge in [-0.3, -0.25) is 0 Å². The molecule has 0 heterocycles. The van der Waals surface area contributed by atoms with Gasteiger partial charge in [0.1, 0.15) is 0 Å². The Labute approximate surface area is 172 Å². The van der Waals surface area contributed by atoms with Crippen molar-refractivity contribution in [2.24, 2.45) is 17.8 Å². The normalized spacial score (nSPS) is 28.3. The summed E-state index contributed by atoms with van der Waals surface area (Å²) in [4.78, 5) is 0. The lowest BCUT2D eigenvalue weighted by Crippen LogP contribution is -2.18. The standard InChI is InChI=1S/C24H34F4O/c1-2-17-6-8-18(9-7-17)4-3-5-19-10-12-20(13-11-19)21-14-15-23(22(25)16-21)29-24(26,27)28/h14-20H,2-13H2,1H3. The first-order valence-electron chi connectivity index (χ1n) is 11.4. The maximum absolute atomic E-state index is 14.0. The number of rotatable bonds is 7. The van der Waals surface area contributed by atoms with Crippen LogP contribution in [0.1, 0.15) is 95.5 Å². The molecule has 0 aliphatic heterocycles. The van der Waals surface area contributed by atoms with E-state index in [2.05, 4.69) is 11.7 Å². The number of halogens is 4. The molecule has 0 spiro atoms. The van der Waals surface area contributed by atoms with Gasteiger partial charge in [-0.15, -0.1) is 13.2 Å². The first-order valence-corrected chi connectivity index (χ1v) is 11.4. The minimum Gasteiger partial charge on any atom is -0.403 e. The second-order valence-corrected chi connectivity index (χ2v) is 9.18. The van der Waals surface area contributed by atoms with Crippen molar-refractivity contribution in [3.05, 3.63) is 29.6 Å². The van der Waals surface area contributed by atoms with E-state index in [1.54, 1.807) is 6.07 Å². The molecule has 2 fully saturated rings. The van der Waals surface area contributed by atoms with Gasteiger partial charge in [-0.2, -0.15) is 0 Å². The van der Waals surface area contributed by atoms with Crippen LogP contribution in [0.4, 0.5) is 17.6 Å². The summed E-state index contributed by atoms with van der Waals surface area (Å²) in [6.45, 7) is 2.31. The Morgan fingerprint density at radius 2 is 1.41 bits per heavy atom. The summed E-state index contributed by atoms with van der Waals surface area (Å²) >= 11 is 0. The maximum Gasteiger partial charge on any atom is 0.573 e. The molecule has 2 saturated carbocycles. The average molecular weight is 415 g/mol. The van der Waals surface area contributed by atoms with Gasteiger partial charge in [0.25, 0.3) is 0 Å². The molecular formula is C24H34F4O. The van der Waals surface area contributed by atoms with Gasteiger partial charge in [0, 0.05) is 0 Å². The Morgan fingerprint density at radius 3 is 1.93 bits per heavy atom. The van der Waals surface area contributed by atoms with E-state index < -0.39 is 17.9 Å². The van der Waals surface area contributed by atoms with E-state index in [9.17, 15) is 17.6 Å². The molecule has 3 rings (SSSR count). The minimum absolute atomic E-state index is 0.241. The maximum atomic E-state index is 14.0. The van der Waals surface area contributed by atoms with E-state index >= 15 is 0 Å². The van der Waals surface area contributed by atoms with Crippen molar-refractivity contribution < 1.29 is 22.3 Å². The highest BCUT2D eigenvalue weighted by Gasteiger charge is 2.32. The van der Waals surface area contributed by atoms with Gasteiger partial charge in [0.2, 0.25) is 0 Å². The molecule has 0 atom stereocenters. The highest BCUT2D eigenvalue weighted by atomic mass is 19.4. The van der Waals surface area contributed by atoms with E-state index in [-0.39, 0.29) is 5.92 Å². The lowest BCUT2D eigenvalue weighted by molar-refractivity contribution is -0.275. The molecule has 0 amide bonds. The summed E-state index contributed by atoms with van der Waals surface area (Å²) in [7, 11) is 0. The number of hydrogen-bond acceptors (Lipinski definition) is 1. The second-order valence-electron chi connectivity index (χ2n) is 9.18. The summed E-state index contributed by atoms with van der Waals surface area (Å²) < 4.78 is 54.6. The van der Waals surface area contributed by atoms with Gasteiger partial charge in [0.15, 0.2) is 11.6 Å². The number of alkyl halides is 3. The third-order valence-corrected chi connectivity index (χ3v) is 7.27. The van der Waals surface area contributed by atoms with E-state index in [1.807, 2.05) is 0 Å². The van der Waals surface area contributed by atoms with Gasteiger partial charge >= 0.3 is 6.36 Å². The van der Waals surface area contributed by atoms with Gasteiger partial charge in [-0.25, -0.2) is 4.39 Å². The summed E-state index contributed by atoms with van der Waals surface area (Å²) in [5.74, 6) is 1.19. The van der Waals surface area contributed by atoms with Gasteiger partial charge in [0.05, 0.1) is 0 Å². The van der Waals surface area contributed by atoms with Crippen molar-refractivity contribution in [3.8, 4) is 5.75 Å². The first kappa shape index (κ1) is 22.4. The smallest absolute Gasteiger partial charge is 0.403 e. The molecule has 0 unspecified atom stereocenters. The molecule has 5 heteroatoms. The molecule has 2 aliphatic carbocycles. The SMILES string of the molecule is CCC1CCC(CCCC2CCC(c3ccc(OC(F)(F)F)c(F)c3)CC2)CC1. The zero-order valence-electron chi connectivity index (χ0n) is 17.4. The minimum atomic E-state index is -4.87. The average Bonchev–Trinajstić information content (AvgIpc) is 2.70. The molecular weight excluding hydrogens is 380 g/mol. The summed E-state index contributed by atoms with van der Waals surface area (Å²) in [6.07, 6.45) is 10.3. The molecule has 29 heavy (non-hydrogen) atoms. The van der Waals surface area contributed by atoms with E-state index in [0.29, 0.717) is 0 Å². The Kier molecular flexibility index (Phi) is 7.86. The van der Waals surface area contributed by atoms with Crippen LogP contribution in [0.2, 0.25) is 0 Å². The fourth-order valence-electron chi connectivity index (χ4n) is 5.39. The predicted octanol–water partition coefficient (Wildman–Crippen LogP) is 8.38. The first-order chi connectivity index (χ1) is 13.8. The summed E-state index contributed by atoms with van der Waals surface area (Å²) in [6, 6.07) is 3.91. The van der Waals surface area contributed by atoms with E-state index in [1.165, 1.54) is 57.4 Å². The second kappa shape index (κ2) is 10.2. The fraction of sp³-hybridized carbons (Fsp3) is 0.750. The van der Waals surface area contributed by atoms with Crippen LogP contribution in [-0.2, 0) is 0 Å². The molecule has 2 aliphatic rings. The third kappa shape index (κ3) is 6.89. The largest absolute Gasteiger partial charge is 0.573 e. The molecule has 0 radical (unpaired) electrons. The Hall–Kier alpha value is -1.26. The Morgan fingerprint density at radius 1 is 0.862 bits per heavy atom. The molecule has 1 aromatic carbocycles. The quantitative estimate of drug-likeness (QED) is 0.407. The Bertz CT molecular complexity index is 626. The molecule has 0 saturated heterocycles. The zero-order chi connectivity index (χ0) is 20.9. The zero-order valence-corrected chi connectivity index (χ0v) is 17.4. The van der Waals surface area contributed by atoms with Crippen molar-refractivity contribution in [2.45, 2.75) is 96.3 Å². The van der Waals surface area contributed by atoms with Crippen LogP contribution in [0.3, 0.4) is 0 Å². The molecule has 0 aromatic heterocycles. The van der Waals surface area contributed by atoms with Gasteiger partial charge in [-0.05, 0) is 67.1 Å². The molecule has 164 valence electrons. The van der Waals surface area contributed by atoms with Crippen molar-refractivity contribution in [3.63, 3.8) is 0 Å². The van der Waals surface area contributed by atoms with Crippen molar-refractivity contribution in [1.29, 1.82) is 0 Å². The lowest BCUT2D eigenvalue weighted by atomic mass is 9.75. The van der Waals surface area contributed by atoms with Crippen molar-refractivity contribution in [1.82, 2.24) is 0 Å². The van der Waals surface area contributed by atoms with Crippen molar-refractivity contribution in [2.75, 3.05) is 0 Å². The van der Waals surface area contributed by atoms with Gasteiger partial charge in [-0.1, -0.05) is 64.4 Å². The monoisotopic (exact) mass is 414 g/mol. The predicted molar refractivity (Wildman–Crippen MR) is 107 cm³/mol. The topological polar surface area (TPSA) is 9.23 Å².